The zero-order chi connectivity index (χ0) is 31.0. The first-order chi connectivity index (χ1) is 20.7. The summed E-state index contributed by atoms with van der Waals surface area (Å²) in [6.45, 7) is 6.95. The number of nitrogens with zero attached hydrogens (tertiary/aromatic N) is 5. The Hall–Kier alpha value is -4.42. The summed E-state index contributed by atoms with van der Waals surface area (Å²) in [4.78, 5) is 19.0. The number of aromatic nitrogens is 2. The molecule has 12 heteroatoms. The monoisotopic (exact) mass is 605 g/mol. The molecule has 0 radical (unpaired) electrons. The van der Waals surface area contributed by atoms with E-state index >= 15 is 0 Å². The summed E-state index contributed by atoms with van der Waals surface area (Å²) in [6, 6.07) is 21.3. The van der Waals surface area contributed by atoms with E-state index in [1.54, 1.807) is 54.6 Å². The number of fused-ring (bicyclic) bond motifs is 1. The number of nitrogens with two attached hydrogens (primary N) is 2. The van der Waals surface area contributed by atoms with E-state index in [4.69, 9.17) is 21.7 Å². The molecule has 228 valence electrons. The molecule has 1 amide bonds. The summed E-state index contributed by atoms with van der Waals surface area (Å²) in [5, 5.41) is 11.9. The minimum absolute atomic E-state index is 0.0380. The highest BCUT2D eigenvalue weighted by Gasteiger charge is 2.26. The number of carbonyl (C=O) groups excluding carboxylic acids is 1. The summed E-state index contributed by atoms with van der Waals surface area (Å²) in [7, 11) is -3.84. The van der Waals surface area contributed by atoms with Gasteiger partial charge in [-0.1, -0.05) is 61.5 Å². The standard InChI is InChI=1S/C31H39N7O4S/c1-3-36(4-2)20-21-38(43(41,42)26-8-6-5-7-9-26)25-15-16-28-27(22-25)34-30(37(28)19-18-29(32)39)17-12-23-10-13-24(14-11-23)31(33)35-40/h5-11,13-16,22,40H,3-4,12,17-21H2,1-2H3,(H2,32,39)(H2,33,35). The Bertz CT molecular complexity index is 1670. The van der Waals surface area contributed by atoms with Crippen molar-refractivity contribution in [1.29, 1.82) is 0 Å². The maximum Gasteiger partial charge on any atom is 0.264 e. The van der Waals surface area contributed by atoms with Crippen LogP contribution in [-0.4, -0.2) is 66.0 Å². The summed E-state index contributed by atoms with van der Waals surface area (Å²) in [5.74, 6) is 0.380. The fourth-order valence-corrected chi connectivity index (χ4v) is 6.49. The molecule has 0 fully saturated rings. The van der Waals surface area contributed by atoms with Crippen LogP contribution in [0.15, 0.2) is 82.8 Å². The van der Waals surface area contributed by atoms with Crippen molar-refractivity contribution in [1.82, 2.24) is 14.5 Å². The van der Waals surface area contributed by atoms with Crippen LogP contribution >= 0.6 is 0 Å². The molecule has 4 aromatic rings. The Morgan fingerprint density at radius 2 is 1.65 bits per heavy atom. The van der Waals surface area contributed by atoms with Crippen molar-refractivity contribution >= 4 is 38.5 Å². The molecule has 11 nitrogen and oxygen atoms in total. The number of aryl methyl sites for hydroxylation is 3. The van der Waals surface area contributed by atoms with Crippen LogP contribution in [0.4, 0.5) is 5.69 Å². The van der Waals surface area contributed by atoms with E-state index in [1.165, 1.54) is 4.31 Å². The molecule has 1 heterocycles. The quantitative estimate of drug-likeness (QED) is 0.0811. The van der Waals surface area contributed by atoms with E-state index < -0.39 is 15.9 Å². The lowest BCUT2D eigenvalue weighted by molar-refractivity contribution is -0.118. The summed E-state index contributed by atoms with van der Waals surface area (Å²) in [6.07, 6.45) is 1.37. The van der Waals surface area contributed by atoms with E-state index in [9.17, 15) is 13.2 Å². The topological polar surface area (TPSA) is 160 Å². The first-order valence-corrected chi connectivity index (χ1v) is 15.8. The molecule has 0 unspecified atom stereocenters. The summed E-state index contributed by atoms with van der Waals surface area (Å²) in [5.41, 5.74) is 14.7. The highest BCUT2D eigenvalue weighted by atomic mass is 32.2. The van der Waals surface area contributed by atoms with Crippen LogP contribution < -0.4 is 15.8 Å². The van der Waals surface area contributed by atoms with Crippen molar-refractivity contribution in [3.63, 3.8) is 0 Å². The van der Waals surface area contributed by atoms with Crippen LogP contribution in [0.5, 0.6) is 0 Å². The van der Waals surface area contributed by atoms with Crippen molar-refractivity contribution in [3.8, 4) is 0 Å². The fraction of sp³-hybridized carbons (Fsp3) is 0.323. The van der Waals surface area contributed by atoms with Gasteiger partial charge in [-0.3, -0.25) is 9.10 Å². The van der Waals surface area contributed by atoms with Crippen molar-refractivity contribution in [2.75, 3.05) is 30.5 Å². The Morgan fingerprint density at radius 3 is 2.28 bits per heavy atom. The van der Waals surface area contributed by atoms with Crippen molar-refractivity contribution in [3.05, 3.63) is 89.7 Å². The van der Waals surface area contributed by atoms with Gasteiger partial charge in [0.15, 0.2) is 5.84 Å². The average molecular weight is 606 g/mol. The highest BCUT2D eigenvalue weighted by Crippen LogP contribution is 2.28. The van der Waals surface area contributed by atoms with E-state index in [2.05, 4.69) is 23.9 Å². The van der Waals surface area contributed by atoms with Gasteiger partial charge in [-0.2, -0.15) is 0 Å². The fourth-order valence-electron chi connectivity index (χ4n) is 5.02. The zero-order valence-electron chi connectivity index (χ0n) is 24.6. The lowest BCUT2D eigenvalue weighted by atomic mass is 10.1. The molecule has 0 saturated carbocycles. The van der Waals surface area contributed by atoms with Crippen LogP contribution in [0.1, 0.15) is 37.2 Å². The Kier molecular flexibility index (Phi) is 10.4. The summed E-state index contributed by atoms with van der Waals surface area (Å²) >= 11 is 0. The largest absolute Gasteiger partial charge is 0.409 e. The van der Waals surface area contributed by atoms with E-state index in [0.29, 0.717) is 42.7 Å². The van der Waals surface area contributed by atoms with E-state index in [-0.39, 0.29) is 23.7 Å². The molecule has 3 aromatic carbocycles. The van der Waals surface area contributed by atoms with Gasteiger partial charge in [-0.25, -0.2) is 13.4 Å². The average Bonchev–Trinajstić information content (AvgIpc) is 3.37. The Balaban J connectivity index is 1.70. The second kappa shape index (κ2) is 14.2. The third-order valence-corrected chi connectivity index (χ3v) is 9.36. The number of anilines is 1. The van der Waals surface area contributed by atoms with Gasteiger partial charge in [0.05, 0.1) is 21.6 Å². The molecule has 0 aliphatic heterocycles. The normalized spacial score (nSPS) is 12.2. The molecule has 0 aliphatic rings. The van der Waals surface area contributed by atoms with Crippen LogP contribution in [0, 0.1) is 0 Å². The van der Waals surface area contributed by atoms with Gasteiger partial charge in [-0.05, 0) is 55.4 Å². The first kappa shape index (κ1) is 31.5. The molecule has 43 heavy (non-hydrogen) atoms. The lowest BCUT2D eigenvalue weighted by Crippen LogP contribution is -2.38. The number of sulfonamides is 1. The Morgan fingerprint density at radius 1 is 0.953 bits per heavy atom. The predicted molar refractivity (Wildman–Crippen MR) is 169 cm³/mol. The number of hydrogen-bond donors (Lipinski definition) is 3. The second-order valence-electron chi connectivity index (χ2n) is 10.2. The van der Waals surface area contributed by atoms with Crippen molar-refractivity contribution in [2.24, 2.45) is 16.6 Å². The van der Waals surface area contributed by atoms with Gasteiger partial charge in [0.1, 0.15) is 5.82 Å². The van der Waals surface area contributed by atoms with Crippen molar-refractivity contribution in [2.45, 2.75) is 44.6 Å². The smallest absolute Gasteiger partial charge is 0.264 e. The number of benzene rings is 3. The molecule has 0 spiro atoms. The molecule has 0 atom stereocenters. The molecule has 4 rings (SSSR count). The maximum absolute atomic E-state index is 13.9. The van der Waals surface area contributed by atoms with E-state index in [1.807, 2.05) is 22.8 Å². The van der Waals surface area contributed by atoms with Crippen molar-refractivity contribution < 1.29 is 18.4 Å². The molecule has 1 aromatic heterocycles. The Labute approximate surface area is 252 Å². The lowest BCUT2D eigenvalue weighted by Gasteiger charge is -2.27. The van der Waals surface area contributed by atoms with Gasteiger partial charge < -0.3 is 26.1 Å². The molecular weight excluding hydrogens is 566 g/mol. The van der Waals surface area contributed by atoms with Gasteiger partial charge in [-0.15, -0.1) is 0 Å². The third kappa shape index (κ3) is 7.51. The van der Waals surface area contributed by atoms with Gasteiger partial charge in [0.2, 0.25) is 5.91 Å². The number of hydrogen-bond acceptors (Lipinski definition) is 7. The van der Waals surface area contributed by atoms with E-state index in [0.717, 1.165) is 30.0 Å². The SMILES string of the molecule is CCN(CC)CCN(c1ccc2c(c1)nc(CCc1ccc(C(N)=NO)cc1)n2CCC(N)=O)S(=O)(=O)c1ccccc1. The number of amidine groups is 1. The van der Waals surface area contributed by atoms with Gasteiger partial charge in [0, 0.05) is 38.0 Å². The highest BCUT2D eigenvalue weighted by molar-refractivity contribution is 7.92. The summed E-state index contributed by atoms with van der Waals surface area (Å²) < 4.78 is 31.1. The number of amides is 1. The van der Waals surface area contributed by atoms with Crippen LogP contribution in [-0.2, 0) is 34.2 Å². The molecule has 0 saturated heterocycles. The van der Waals surface area contributed by atoms with Gasteiger partial charge >= 0.3 is 0 Å². The zero-order valence-corrected chi connectivity index (χ0v) is 25.4. The van der Waals surface area contributed by atoms with Crippen LogP contribution in [0.3, 0.4) is 0 Å². The molecule has 0 bridgehead atoms. The van der Waals surface area contributed by atoms with Gasteiger partial charge in [0.25, 0.3) is 10.0 Å². The first-order valence-electron chi connectivity index (χ1n) is 14.3. The predicted octanol–water partition coefficient (Wildman–Crippen LogP) is 3.33. The molecular formula is C31H39N7O4S. The third-order valence-electron chi connectivity index (χ3n) is 7.52. The minimum Gasteiger partial charge on any atom is -0.409 e. The number of primary amides is 1. The number of rotatable bonds is 15. The second-order valence-corrected chi connectivity index (χ2v) is 12.0. The number of carbonyl (C=O) groups is 1. The molecule has 5 N–H and O–H groups in total. The maximum atomic E-state index is 13.9. The molecule has 0 aliphatic carbocycles. The van der Waals surface area contributed by atoms with Crippen LogP contribution in [0.2, 0.25) is 0 Å². The number of likely N-dealkylation sites (N-methyl/N-ethyl adjacent to an activating group) is 1. The number of oxime groups is 1. The minimum atomic E-state index is -3.84. The van der Waals surface area contributed by atoms with Crippen LogP contribution in [0.25, 0.3) is 11.0 Å². The number of imidazole rings is 1.